The first-order valence-electron chi connectivity index (χ1n) is 4.33. The molecule has 7 heteroatoms. The van der Waals surface area contributed by atoms with Crippen LogP contribution in [0.1, 0.15) is 12.1 Å². The molecular weight excluding hydrogens is 210 g/mol. The molecule has 0 atom stereocenters. The quantitative estimate of drug-likeness (QED) is 0.567. The maximum absolute atomic E-state index is 10.3. The maximum Gasteiger partial charge on any atom is 0.315 e. The smallest absolute Gasteiger partial charge is 0.315 e. The summed E-state index contributed by atoms with van der Waals surface area (Å²) in [5, 5.41) is 15.4. The number of carboxylic acids is 1. The fourth-order valence-corrected chi connectivity index (χ4v) is 1.18. The van der Waals surface area contributed by atoms with Gasteiger partial charge in [0, 0.05) is 0 Å². The monoisotopic (exact) mass is 217 g/mol. The molecule has 0 saturated carbocycles. The van der Waals surface area contributed by atoms with Gasteiger partial charge in [-0.2, -0.15) is 5.10 Å². The number of aliphatic carboxylic acids is 1. The van der Waals surface area contributed by atoms with Crippen LogP contribution in [0, 0.1) is 11.8 Å². The van der Waals surface area contributed by atoms with Crippen molar-refractivity contribution in [1.29, 1.82) is 0 Å². The number of carbonyl (C=O) groups is 1. The van der Waals surface area contributed by atoms with Crippen molar-refractivity contribution < 1.29 is 9.90 Å². The molecule has 0 bridgehead atoms. The summed E-state index contributed by atoms with van der Waals surface area (Å²) in [6, 6.07) is 0. The largest absolute Gasteiger partial charge is 0.481 e. The molecule has 0 aliphatic heterocycles. The molecule has 0 aliphatic rings. The van der Waals surface area contributed by atoms with E-state index >= 15 is 0 Å². The van der Waals surface area contributed by atoms with Crippen molar-refractivity contribution in [3.05, 3.63) is 12.0 Å². The molecule has 2 aromatic heterocycles. The third-order valence-corrected chi connectivity index (χ3v) is 1.83. The fourth-order valence-electron chi connectivity index (χ4n) is 1.18. The Kier molecular flexibility index (Phi) is 2.39. The van der Waals surface area contributed by atoms with Crippen LogP contribution >= 0.6 is 0 Å². The third-order valence-electron chi connectivity index (χ3n) is 1.83. The van der Waals surface area contributed by atoms with Crippen molar-refractivity contribution >= 4 is 22.8 Å². The lowest BCUT2D eigenvalue weighted by Crippen LogP contribution is -1.93. The number of nitrogens with one attached hydrogen (secondary N) is 1. The number of aromatic nitrogens is 4. The number of rotatable bonds is 1. The summed E-state index contributed by atoms with van der Waals surface area (Å²) in [6.07, 6.45) is 1.06. The van der Waals surface area contributed by atoms with Gasteiger partial charge >= 0.3 is 5.97 Å². The Morgan fingerprint density at radius 3 is 3.12 bits per heavy atom. The zero-order valence-corrected chi connectivity index (χ0v) is 8.06. The average Bonchev–Trinajstić information content (AvgIpc) is 2.62. The maximum atomic E-state index is 10.3. The van der Waals surface area contributed by atoms with Gasteiger partial charge in [-0.05, 0) is 5.92 Å². The molecule has 0 amide bonds. The highest BCUT2D eigenvalue weighted by Gasteiger charge is 2.08. The molecule has 4 N–H and O–H groups in total. The molecule has 80 valence electrons. The van der Waals surface area contributed by atoms with E-state index in [4.69, 9.17) is 10.8 Å². The molecule has 0 aromatic carbocycles. The second-order valence-electron chi connectivity index (χ2n) is 2.93. The summed E-state index contributed by atoms with van der Waals surface area (Å²) in [7, 11) is 0. The van der Waals surface area contributed by atoms with E-state index in [0.29, 0.717) is 16.7 Å². The Morgan fingerprint density at radius 1 is 1.56 bits per heavy atom. The van der Waals surface area contributed by atoms with Crippen molar-refractivity contribution in [2.24, 2.45) is 0 Å². The van der Waals surface area contributed by atoms with E-state index in [1.807, 2.05) is 0 Å². The van der Waals surface area contributed by atoms with Crippen LogP contribution in [-0.2, 0) is 4.79 Å². The van der Waals surface area contributed by atoms with Crippen LogP contribution < -0.4 is 5.73 Å². The van der Waals surface area contributed by atoms with Gasteiger partial charge < -0.3 is 10.8 Å². The van der Waals surface area contributed by atoms with E-state index in [2.05, 4.69) is 32.0 Å². The van der Waals surface area contributed by atoms with Crippen LogP contribution in [0.4, 0.5) is 5.82 Å². The van der Waals surface area contributed by atoms with Gasteiger partial charge in [-0.3, -0.25) is 9.89 Å². The Morgan fingerprint density at radius 2 is 2.38 bits per heavy atom. The zero-order valence-electron chi connectivity index (χ0n) is 8.06. The number of hydrogen-bond acceptors (Lipinski definition) is 5. The van der Waals surface area contributed by atoms with Gasteiger partial charge in [0.2, 0.25) is 0 Å². The molecule has 0 saturated heterocycles. The lowest BCUT2D eigenvalue weighted by atomic mass is 10.3. The van der Waals surface area contributed by atoms with E-state index in [1.165, 1.54) is 6.33 Å². The van der Waals surface area contributed by atoms with E-state index in [-0.39, 0.29) is 12.2 Å². The predicted molar refractivity (Wildman–Crippen MR) is 55.2 cm³/mol. The van der Waals surface area contributed by atoms with E-state index < -0.39 is 5.97 Å². The SMILES string of the molecule is Nc1ncnc2n[nH]c(C#CCC(=O)O)c12. The number of aromatic amines is 1. The molecule has 0 aliphatic carbocycles. The van der Waals surface area contributed by atoms with Gasteiger partial charge in [0.15, 0.2) is 5.65 Å². The summed E-state index contributed by atoms with van der Waals surface area (Å²) in [5.41, 5.74) is 6.47. The van der Waals surface area contributed by atoms with Gasteiger partial charge in [-0.25, -0.2) is 9.97 Å². The van der Waals surface area contributed by atoms with Crippen LogP contribution in [0.5, 0.6) is 0 Å². The minimum absolute atomic E-state index is 0.242. The van der Waals surface area contributed by atoms with Crippen LogP contribution in [0.15, 0.2) is 6.33 Å². The Balaban J connectivity index is 2.44. The summed E-state index contributed by atoms with van der Waals surface area (Å²) < 4.78 is 0. The number of nitrogen functional groups attached to an aromatic ring is 1. The molecule has 7 nitrogen and oxygen atoms in total. The van der Waals surface area contributed by atoms with E-state index in [1.54, 1.807) is 0 Å². The zero-order chi connectivity index (χ0) is 11.5. The third kappa shape index (κ3) is 1.76. The molecule has 16 heavy (non-hydrogen) atoms. The minimum Gasteiger partial charge on any atom is -0.481 e. The first-order valence-corrected chi connectivity index (χ1v) is 4.33. The standard InChI is InChI=1S/C9H7N5O2/c10-8-7-5(2-1-3-6(15)16)13-14-9(7)12-4-11-8/h4H,3H2,(H,15,16)(H3,10,11,12,13,14). The summed E-state index contributed by atoms with van der Waals surface area (Å²) in [6.45, 7) is 0. The first kappa shape index (κ1) is 9.92. The average molecular weight is 217 g/mol. The molecule has 2 aromatic rings. The number of carboxylic acid groups (broad SMARTS) is 1. The van der Waals surface area contributed by atoms with Crippen molar-refractivity contribution in [1.82, 2.24) is 20.2 Å². The van der Waals surface area contributed by atoms with Crippen molar-refractivity contribution in [3.63, 3.8) is 0 Å². The molecule has 0 radical (unpaired) electrons. The van der Waals surface area contributed by atoms with E-state index in [9.17, 15) is 4.79 Å². The lowest BCUT2D eigenvalue weighted by Gasteiger charge is -1.91. The van der Waals surface area contributed by atoms with Gasteiger partial charge in [-0.15, -0.1) is 0 Å². The number of fused-ring (bicyclic) bond motifs is 1. The first-order chi connectivity index (χ1) is 7.68. The molecule has 0 spiro atoms. The second-order valence-corrected chi connectivity index (χ2v) is 2.93. The molecule has 0 unspecified atom stereocenters. The van der Waals surface area contributed by atoms with Gasteiger partial charge in [-0.1, -0.05) is 5.92 Å². The van der Waals surface area contributed by atoms with Gasteiger partial charge in [0.05, 0.1) is 5.39 Å². The molecule has 0 fully saturated rings. The fraction of sp³-hybridized carbons (Fsp3) is 0.111. The van der Waals surface area contributed by atoms with E-state index in [0.717, 1.165) is 0 Å². The van der Waals surface area contributed by atoms with Crippen LogP contribution in [0.2, 0.25) is 0 Å². The normalized spacial score (nSPS) is 9.75. The highest BCUT2D eigenvalue weighted by Crippen LogP contribution is 2.17. The predicted octanol–water partition coefficient (Wildman–Crippen LogP) is -0.239. The number of anilines is 1. The number of H-pyrrole nitrogens is 1. The summed E-state index contributed by atoms with van der Waals surface area (Å²) in [4.78, 5) is 18.0. The minimum atomic E-state index is -0.986. The van der Waals surface area contributed by atoms with Crippen molar-refractivity contribution in [2.45, 2.75) is 6.42 Å². The highest BCUT2D eigenvalue weighted by atomic mass is 16.4. The molecule has 2 rings (SSSR count). The number of hydrogen-bond donors (Lipinski definition) is 3. The highest BCUT2D eigenvalue weighted by molar-refractivity contribution is 5.89. The van der Waals surface area contributed by atoms with Crippen LogP contribution in [0.25, 0.3) is 11.0 Å². The Hall–Kier alpha value is -2.62. The van der Waals surface area contributed by atoms with Crippen molar-refractivity contribution in [2.75, 3.05) is 5.73 Å². The molecular formula is C9H7N5O2. The lowest BCUT2D eigenvalue weighted by molar-refractivity contribution is -0.135. The van der Waals surface area contributed by atoms with Crippen molar-refractivity contribution in [3.8, 4) is 11.8 Å². The van der Waals surface area contributed by atoms with Gasteiger partial charge in [0.25, 0.3) is 0 Å². The van der Waals surface area contributed by atoms with Crippen LogP contribution in [-0.4, -0.2) is 31.2 Å². The topological polar surface area (TPSA) is 118 Å². The summed E-state index contributed by atoms with van der Waals surface area (Å²) in [5.74, 6) is 4.38. The van der Waals surface area contributed by atoms with Gasteiger partial charge in [0.1, 0.15) is 24.3 Å². The second kappa shape index (κ2) is 3.86. The Bertz CT molecular complexity index is 607. The summed E-state index contributed by atoms with van der Waals surface area (Å²) >= 11 is 0. The number of nitrogens with two attached hydrogens (primary N) is 1. The Labute approximate surface area is 89.7 Å². The number of nitrogens with zero attached hydrogens (tertiary/aromatic N) is 3. The molecule has 2 heterocycles. The van der Waals surface area contributed by atoms with Crippen LogP contribution in [0.3, 0.4) is 0 Å².